The van der Waals surface area contributed by atoms with Crippen molar-refractivity contribution in [3.8, 4) is 22.3 Å². The molecule has 0 amide bonds. The second kappa shape index (κ2) is 11.7. The zero-order valence-electron chi connectivity index (χ0n) is 31.3. The summed E-state index contributed by atoms with van der Waals surface area (Å²) in [6.07, 6.45) is 7.06. The van der Waals surface area contributed by atoms with Crippen LogP contribution in [-0.2, 0) is 5.41 Å². The van der Waals surface area contributed by atoms with Crippen molar-refractivity contribution in [3.05, 3.63) is 175 Å². The quantitative estimate of drug-likeness (QED) is 0.163. The smallest absolute Gasteiger partial charge is 0.0476 e. The molecular weight excluding hydrogens is 695 g/mol. The summed E-state index contributed by atoms with van der Waals surface area (Å²) in [4.78, 5) is 2.47. The van der Waals surface area contributed by atoms with Gasteiger partial charge in [-0.15, -0.1) is 11.3 Å². The van der Waals surface area contributed by atoms with Gasteiger partial charge in [-0.3, -0.25) is 0 Å². The highest BCUT2D eigenvalue weighted by Crippen LogP contribution is 2.70. The molecule has 0 N–H and O–H groups in total. The van der Waals surface area contributed by atoms with Crippen molar-refractivity contribution in [1.82, 2.24) is 0 Å². The van der Waals surface area contributed by atoms with Gasteiger partial charge < -0.3 is 4.90 Å². The lowest BCUT2D eigenvalue weighted by molar-refractivity contribution is -0.0397. The summed E-state index contributed by atoms with van der Waals surface area (Å²) < 4.78 is 2.65. The highest BCUT2D eigenvalue weighted by Gasteiger charge is 2.62. The Kier molecular flexibility index (Phi) is 6.56. The summed E-state index contributed by atoms with van der Waals surface area (Å²) >= 11 is 1.89. The zero-order valence-corrected chi connectivity index (χ0v) is 32.1. The highest BCUT2D eigenvalue weighted by molar-refractivity contribution is 7.25. The van der Waals surface area contributed by atoms with Crippen LogP contribution in [0.15, 0.2) is 164 Å². The number of fused-ring (bicyclic) bond motifs is 9. The van der Waals surface area contributed by atoms with Gasteiger partial charge in [0.2, 0.25) is 0 Å². The predicted molar refractivity (Wildman–Crippen MR) is 238 cm³/mol. The predicted octanol–water partition coefficient (Wildman–Crippen LogP) is 15.2. The first-order chi connectivity index (χ1) is 27.7. The van der Waals surface area contributed by atoms with E-state index < -0.39 is 0 Å². The minimum atomic E-state index is 0.134. The molecule has 1 spiro atoms. The fraction of sp³-hybridized carbons (Fsp3) is 0.185. The average Bonchev–Trinajstić information content (AvgIpc) is 3.76. The molecule has 14 rings (SSSR count). The lowest BCUT2D eigenvalue weighted by Gasteiger charge is -2.61. The Morgan fingerprint density at radius 3 is 1.88 bits per heavy atom. The van der Waals surface area contributed by atoms with Crippen LogP contribution in [0.5, 0.6) is 0 Å². The molecule has 2 heteroatoms. The van der Waals surface area contributed by atoms with Crippen LogP contribution < -0.4 is 4.90 Å². The second-order valence-electron chi connectivity index (χ2n) is 17.3. The summed E-state index contributed by atoms with van der Waals surface area (Å²) in [6.45, 7) is 0. The number of benzene rings is 8. The maximum Gasteiger partial charge on any atom is 0.0476 e. The van der Waals surface area contributed by atoms with Gasteiger partial charge in [0.05, 0.1) is 0 Å². The maximum absolute atomic E-state index is 2.50. The molecule has 8 aromatic carbocycles. The monoisotopic (exact) mass is 735 g/mol. The van der Waals surface area contributed by atoms with E-state index in [9.17, 15) is 0 Å². The second-order valence-corrected chi connectivity index (χ2v) is 18.4. The van der Waals surface area contributed by atoms with Gasteiger partial charge in [-0.2, -0.15) is 0 Å². The maximum atomic E-state index is 2.50. The van der Waals surface area contributed by atoms with Gasteiger partial charge in [0, 0.05) is 42.6 Å². The van der Waals surface area contributed by atoms with Crippen molar-refractivity contribution < 1.29 is 0 Å². The van der Waals surface area contributed by atoms with E-state index in [4.69, 9.17) is 0 Å². The summed E-state index contributed by atoms with van der Waals surface area (Å²) in [7, 11) is 0. The number of nitrogens with zero attached hydrogens (tertiary/aromatic N) is 1. The van der Waals surface area contributed by atoms with Crippen molar-refractivity contribution in [3.63, 3.8) is 0 Å². The first-order valence-electron chi connectivity index (χ1n) is 20.7. The summed E-state index contributed by atoms with van der Waals surface area (Å²) in [6, 6.07) is 62.4. The Morgan fingerprint density at radius 2 is 1.04 bits per heavy atom. The van der Waals surface area contributed by atoms with Gasteiger partial charge in [0.25, 0.3) is 0 Å². The molecule has 268 valence electrons. The van der Waals surface area contributed by atoms with E-state index in [1.165, 1.54) is 113 Å². The van der Waals surface area contributed by atoms with Crippen molar-refractivity contribution in [2.75, 3.05) is 4.90 Å². The van der Waals surface area contributed by atoms with Crippen molar-refractivity contribution in [2.24, 2.45) is 23.7 Å². The van der Waals surface area contributed by atoms with E-state index in [0.29, 0.717) is 0 Å². The standard InChI is InChI=1S/C54H41NS/c1-2-9-43-35(8-1)16-17-37-31-41(22-24-44(37)43)55(42-23-25-48-47-11-4-6-15-51(47)56-52(48)32-42)40-20-18-36(19-21-40)45-12-7-13-49-46-10-3-5-14-50(46)54(53(45)49)38-27-33-26-34(29-38)30-39(54)28-33/h1-25,31-34,38-39H,26-30H2. The summed E-state index contributed by atoms with van der Waals surface area (Å²) in [5.41, 5.74) is 12.7. The first kappa shape index (κ1) is 31.5. The number of hydrogen-bond donors (Lipinski definition) is 0. The van der Waals surface area contributed by atoms with E-state index in [0.717, 1.165) is 23.7 Å². The lowest BCUT2D eigenvalue weighted by Crippen LogP contribution is -2.55. The highest BCUT2D eigenvalue weighted by atomic mass is 32.1. The van der Waals surface area contributed by atoms with Gasteiger partial charge in [0.1, 0.15) is 0 Å². The lowest BCUT2D eigenvalue weighted by atomic mass is 9.42. The molecule has 0 unspecified atom stereocenters. The molecule has 1 nitrogen and oxygen atoms in total. The molecule has 9 aromatic rings. The third-order valence-electron chi connectivity index (χ3n) is 14.6. The summed E-state index contributed by atoms with van der Waals surface area (Å²) in [5.74, 6) is 3.34. The largest absolute Gasteiger partial charge is 0.310 e. The third kappa shape index (κ3) is 4.31. The van der Waals surface area contributed by atoms with Gasteiger partial charge >= 0.3 is 0 Å². The van der Waals surface area contributed by atoms with E-state index in [1.807, 2.05) is 11.3 Å². The normalized spacial score (nSPS) is 23.1. The molecule has 4 bridgehead atoms. The Hall–Kier alpha value is -5.70. The minimum absolute atomic E-state index is 0.134. The van der Waals surface area contributed by atoms with Crippen LogP contribution >= 0.6 is 11.3 Å². The molecule has 0 saturated heterocycles. The van der Waals surface area contributed by atoms with Gasteiger partial charge in [0.15, 0.2) is 0 Å². The van der Waals surface area contributed by atoms with Gasteiger partial charge in [-0.05, 0) is 153 Å². The number of thiophene rings is 1. The Labute approximate surface area is 331 Å². The Balaban J connectivity index is 0.971. The van der Waals surface area contributed by atoms with Gasteiger partial charge in [-0.1, -0.05) is 121 Å². The first-order valence-corrected chi connectivity index (χ1v) is 21.5. The van der Waals surface area contributed by atoms with Crippen molar-refractivity contribution in [2.45, 2.75) is 37.5 Å². The van der Waals surface area contributed by atoms with E-state index >= 15 is 0 Å². The molecule has 5 aliphatic rings. The average molecular weight is 736 g/mol. The van der Waals surface area contributed by atoms with E-state index in [1.54, 1.807) is 11.1 Å². The van der Waals surface area contributed by atoms with Crippen LogP contribution in [0, 0.1) is 23.7 Å². The molecule has 1 heterocycles. The molecule has 0 aliphatic heterocycles. The van der Waals surface area contributed by atoms with Crippen molar-refractivity contribution in [1.29, 1.82) is 0 Å². The van der Waals surface area contributed by atoms with Crippen LogP contribution in [0.3, 0.4) is 0 Å². The van der Waals surface area contributed by atoms with Gasteiger partial charge in [-0.25, -0.2) is 0 Å². The van der Waals surface area contributed by atoms with E-state index in [-0.39, 0.29) is 5.41 Å². The number of hydrogen-bond acceptors (Lipinski definition) is 2. The SMILES string of the molecule is c1ccc2c(c1)-c1cccc(-c3ccc(N(c4ccc5c(ccc6ccccc65)c4)c4ccc5c(c4)sc4ccccc45)cc3)c1C21C2CC3CC(C2)CC1C3. The zero-order chi connectivity index (χ0) is 36.5. The van der Waals surface area contributed by atoms with Crippen molar-refractivity contribution >= 4 is 70.1 Å². The fourth-order valence-electron chi connectivity index (χ4n) is 12.7. The molecule has 56 heavy (non-hydrogen) atoms. The molecule has 4 fully saturated rings. The molecule has 4 saturated carbocycles. The van der Waals surface area contributed by atoms with Crippen LogP contribution in [-0.4, -0.2) is 0 Å². The Bertz CT molecular complexity index is 3030. The van der Waals surface area contributed by atoms with Crippen LogP contribution in [0.2, 0.25) is 0 Å². The van der Waals surface area contributed by atoms with Crippen LogP contribution in [0.4, 0.5) is 17.1 Å². The Morgan fingerprint density at radius 1 is 0.429 bits per heavy atom. The summed E-state index contributed by atoms with van der Waals surface area (Å²) in [5, 5.41) is 7.79. The minimum Gasteiger partial charge on any atom is -0.310 e. The number of anilines is 3. The molecule has 5 aliphatic carbocycles. The molecule has 0 radical (unpaired) electrons. The van der Waals surface area contributed by atoms with Crippen LogP contribution in [0.25, 0.3) is 64.0 Å². The topological polar surface area (TPSA) is 3.24 Å². The molecule has 1 aromatic heterocycles. The van der Waals surface area contributed by atoms with Crippen LogP contribution in [0.1, 0.15) is 43.2 Å². The molecular formula is C54H41NS. The third-order valence-corrected chi connectivity index (χ3v) is 15.7. The molecule has 0 atom stereocenters. The van der Waals surface area contributed by atoms with E-state index in [2.05, 4.69) is 169 Å². The number of rotatable bonds is 4. The fourth-order valence-corrected chi connectivity index (χ4v) is 13.8.